The minimum Gasteiger partial charge on any atom is -0.481 e. The zero-order chi connectivity index (χ0) is 15.2. The van der Waals surface area contributed by atoms with E-state index in [1.54, 1.807) is 12.1 Å². The molecular formula is C11H10FN3O4S2. The minimum atomic E-state index is -4.74. The Kier molecular flexibility index (Phi) is 3.29. The summed E-state index contributed by atoms with van der Waals surface area (Å²) in [5.41, 5.74) is 0.565. The Morgan fingerprint density at radius 3 is 2.81 bits per heavy atom. The molecule has 0 bridgehead atoms. The quantitative estimate of drug-likeness (QED) is 0.783. The Bertz CT molecular complexity index is 820. The van der Waals surface area contributed by atoms with Gasteiger partial charge in [-0.05, 0) is 6.07 Å². The average molecular weight is 331 g/mol. The number of carbonyl (C=O) groups excluding carboxylic acids is 1. The molecule has 0 saturated carbocycles. The summed E-state index contributed by atoms with van der Waals surface area (Å²) < 4.78 is 39.8. The number of ether oxygens (including phenoxy) is 1. The van der Waals surface area contributed by atoms with Gasteiger partial charge in [0.2, 0.25) is 11.8 Å². The molecular weight excluding hydrogens is 321 g/mol. The van der Waals surface area contributed by atoms with Gasteiger partial charge in [0, 0.05) is 19.0 Å². The Hall–Kier alpha value is -1.81. The standard InChI is InChI=1S/C11H10FN3O4S2/c1-19-8-3-2-7-10(14-8)20-11(13-7)15-5-6(4-9(15)16)21(12,17)18/h2-3,6H,4-5H2,1H3. The molecule has 1 amide bonds. The molecule has 1 aliphatic rings. The fraction of sp³-hybridized carbons (Fsp3) is 0.364. The van der Waals surface area contributed by atoms with Crippen molar-refractivity contribution in [3.63, 3.8) is 0 Å². The summed E-state index contributed by atoms with van der Waals surface area (Å²) in [4.78, 5) is 22.0. The maximum absolute atomic E-state index is 13.0. The van der Waals surface area contributed by atoms with E-state index < -0.39 is 21.4 Å². The number of carbonyl (C=O) groups is 1. The molecule has 10 heteroatoms. The van der Waals surface area contributed by atoms with E-state index in [0.717, 1.165) is 11.3 Å². The highest BCUT2D eigenvalue weighted by Crippen LogP contribution is 2.32. The van der Waals surface area contributed by atoms with E-state index in [1.165, 1.54) is 12.0 Å². The number of pyridine rings is 1. The van der Waals surface area contributed by atoms with E-state index in [9.17, 15) is 17.1 Å². The third-order valence-electron chi connectivity index (χ3n) is 3.15. The molecule has 1 fully saturated rings. The number of aromatic nitrogens is 2. The molecule has 1 aliphatic heterocycles. The highest BCUT2D eigenvalue weighted by atomic mass is 32.3. The molecule has 0 aliphatic carbocycles. The summed E-state index contributed by atoms with van der Waals surface area (Å²) in [6.07, 6.45) is -0.370. The predicted molar refractivity (Wildman–Crippen MR) is 74.8 cm³/mol. The smallest absolute Gasteiger partial charge is 0.307 e. The fourth-order valence-corrected chi connectivity index (χ4v) is 3.69. The van der Waals surface area contributed by atoms with Crippen LogP contribution in [0.25, 0.3) is 10.3 Å². The zero-order valence-corrected chi connectivity index (χ0v) is 12.4. The van der Waals surface area contributed by atoms with Crippen LogP contribution in [-0.4, -0.2) is 43.2 Å². The molecule has 0 N–H and O–H groups in total. The van der Waals surface area contributed by atoms with Gasteiger partial charge < -0.3 is 4.74 Å². The Morgan fingerprint density at radius 1 is 1.43 bits per heavy atom. The maximum atomic E-state index is 13.0. The number of nitrogens with zero attached hydrogens (tertiary/aromatic N) is 3. The van der Waals surface area contributed by atoms with Crippen molar-refractivity contribution in [3.05, 3.63) is 12.1 Å². The van der Waals surface area contributed by atoms with Gasteiger partial charge >= 0.3 is 10.2 Å². The van der Waals surface area contributed by atoms with Gasteiger partial charge in [-0.1, -0.05) is 11.3 Å². The number of anilines is 1. The third kappa shape index (κ3) is 2.56. The normalized spacial score (nSPS) is 19.4. The molecule has 1 unspecified atom stereocenters. The van der Waals surface area contributed by atoms with E-state index >= 15 is 0 Å². The largest absolute Gasteiger partial charge is 0.481 e. The lowest BCUT2D eigenvalue weighted by atomic mass is 10.4. The van der Waals surface area contributed by atoms with E-state index in [-0.39, 0.29) is 13.0 Å². The lowest BCUT2D eigenvalue weighted by molar-refractivity contribution is -0.117. The van der Waals surface area contributed by atoms with Crippen molar-refractivity contribution in [2.45, 2.75) is 11.7 Å². The monoisotopic (exact) mass is 331 g/mol. The van der Waals surface area contributed by atoms with Crippen LogP contribution in [0, 0.1) is 0 Å². The lowest BCUT2D eigenvalue weighted by Gasteiger charge is -2.10. The van der Waals surface area contributed by atoms with Gasteiger partial charge in [0.15, 0.2) is 5.13 Å². The number of thiazole rings is 1. The van der Waals surface area contributed by atoms with E-state index in [2.05, 4.69) is 9.97 Å². The van der Waals surface area contributed by atoms with Crippen LogP contribution >= 0.6 is 11.3 Å². The van der Waals surface area contributed by atoms with Crippen LogP contribution < -0.4 is 9.64 Å². The highest BCUT2D eigenvalue weighted by molar-refractivity contribution is 7.87. The average Bonchev–Trinajstić information content (AvgIpc) is 2.99. The van der Waals surface area contributed by atoms with Crippen molar-refractivity contribution in [1.29, 1.82) is 0 Å². The first-order valence-electron chi connectivity index (χ1n) is 5.94. The number of amides is 1. The third-order valence-corrected chi connectivity index (χ3v) is 5.25. The van der Waals surface area contributed by atoms with Gasteiger partial charge in [0.1, 0.15) is 15.6 Å². The molecule has 21 heavy (non-hydrogen) atoms. The number of methoxy groups -OCH3 is 1. The Labute approximate surface area is 123 Å². The lowest BCUT2D eigenvalue weighted by Crippen LogP contribution is -2.26. The predicted octanol–water partition coefficient (Wildman–Crippen LogP) is 1.10. The molecule has 1 atom stereocenters. The van der Waals surface area contributed by atoms with E-state index in [0.29, 0.717) is 21.4 Å². The van der Waals surface area contributed by atoms with E-state index in [4.69, 9.17) is 4.74 Å². The number of rotatable bonds is 3. The SMILES string of the molecule is COc1ccc2nc(N3CC(S(=O)(=O)F)CC3=O)sc2n1. The first-order valence-corrected chi connectivity index (χ1v) is 8.20. The number of hydrogen-bond donors (Lipinski definition) is 0. The van der Waals surface area contributed by atoms with Crippen LogP contribution in [0.2, 0.25) is 0 Å². The van der Waals surface area contributed by atoms with Crippen molar-refractivity contribution >= 4 is 42.9 Å². The topological polar surface area (TPSA) is 89.5 Å². The molecule has 3 rings (SSSR count). The van der Waals surface area contributed by atoms with Gasteiger partial charge in [-0.2, -0.15) is 8.42 Å². The van der Waals surface area contributed by atoms with Gasteiger partial charge in [-0.3, -0.25) is 9.69 Å². The van der Waals surface area contributed by atoms with Crippen LogP contribution in [-0.2, 0) is 15.0 Å². The molecule has 2 aromatic heterocycles. The molecule has 112 valence electrons. The van der Waals surface area contributed by atoms with Crippen LogP contribution in [0.3, 0.4) is 0 Å². The molecule has 1 saturated heterocycles. The summed E-state index contributed by atoms with van der Waals surface area (Å²) in [6.45, 7) is -0.228. The molecule has 2 aromatic rings. The molecule has 3 heterocycles. The van der Waals surface area contributed by atoms with Gasteiger partial charge in [-0.15, -0.1) is 3.89 Å². The Morgan fingerprint density at radius 2 is 2.19 bits per heavy atom. The molecule has 0 aromatic carbocycles. The minimum absolute atomic E-state index is 0.228. The van der Waals surface area contributed by atoms with Gasteiger partial charge in [0.25, 0.3) is 0 Å². The van der Waals surface area contributed by atoms with E-state index in [1.807, 2.05) is 0 Å². The second kappa shape index (κ2) is 4.88. The van der Waals surface area contributed by atoms with Crippen molar-refractivity contribution < 1.29 is 21.8 Å². The van der Waals surface area contributed by atoms with Crippen molar-refractivity contribution in [2.24, 2.45) is 0 Å². The molecule has 0 radical (unpaired) electrons. The number of fused-ring (bicyclic) bond motifs is 1. The summed E-state index contributed by atoms with van der Waals surface area (Å²) in [5, 5.41) is -1.03. The number of hydrogen-bond acceptors (Lipinski definition) is 7. The summed E-state index contributed by atoms with van der Waals surface area (Å²) in [7, 11) is -3.26. The number of halogens is 1. The molecule has 0 spiro atoms. The highest BCUT2D eigenvalue weighted by Gasteiger charge is 2.40. The maximum Gasteiger partial charge on any atom is 0.307 e. The van der Waals surface area contributed by atoms with Crippen molar-refractivity contribution in [1.82, 2.24) is 9.97 Å². The summed E-state index contributed by atoms with van der Waals surface area (Å²) >= 11 is 1.13. The van der Waals surface area contributed by atoms with Gasteiger partial charge in [0.05, 0.1) is 7.11 Å². The summed E-state index contributed by atoms with van der Waals surface area (Å²) in [5.74, 6) is -0.0538. The van der Waals surface area contributed by atoms with Crippen LogP contribution in [0.4, 0.5) is 9.02 Å². The second-order valence-electron chi connectivity index (χ2n) is 4.48. The van der Waals surface area contributed by atoms with Gasteiger partial charge in [-0.25, -0.2) is 9.97 Å². The fourth-order valence-electron chi connectivity index (χ4n) is 2.07. The first-order chi connectivity index (χ1) is 9.88. The van der Waals surface area contributed by atoms with Crippen LogP contribution in [0.1, 0.15) is 6.42 Å². The van der Waals surface area contributed by atoms with Crippen molar-refractivity contribution in [3.8, 4) is 5.88 Å². The second-order valence-corrected chi connectivity index (χ2v) is 7.05. The first kappa shape index (κ1) is 14.1. The summed E-state index contributed by atoms with van der Waals surface area (Å²) in [6, 6.07) is 3.32. The Balaban J connectivity index is 1.95. The van der Waals surface area contributed by atoms with Crippen molar-refractivity contribution in [2.75, 3.05) is 18.6 Å². The van der Waals surface area contributed by atoms with Crippen LogP contribution in [0.5, 0.6) is 5.88 Å². The molecule has 7 nitrogen and oxygen atoms in total. The zero-order valence-electron chi connectivity index (χ0n) is 10.8. The van der Waals surface area contributed by atoms with Crippen LogP contribution in [0.15, 0.2) is 12.1 Å².